The van der Waals surface area contributed by atoms with E-state index in [0.29, 0.717) is 32.2 Å². The van der Waals surface area contributed by atoms with Gasteiger partial charge in [-0.25, -0.2) is 13.2 Å². The van der Waals surface area contributed by atoms with Gasteiger partial charge >= 0.3 is 6.03 Å². The van der Waals surface area contributed by atoms with Gasteiger partial charge in [0.2, 0.25) is 10.0 Å². The third kappa shape index (κ3) is 3.51. The number of hydrogen-bond acceptors (Lipinski definition) is 3. The highest BCUT2D eigenvalue weighted by atomic mass is 32.2. The van der Waals surface area contributed by atoms with Gasteiger partial charge in [-0.3, -0.25) is 0 Å². The second-order valence-electron chi connectivity index (χ2n) is 6.41. The smallest absolute Gasteiger partial charge is 0.317 e. The zero-order chi connectivity index (χ0) is 14.9. The predicted molar refractivity (Wildman–Crippen MR) is 80.5 cm³/mol. The van der Waals surface area contributed by atoms with Gasteiger partial charge in [-0.2, -0.15) is 4.31 Å². The van der Waals surface area contributed by atoms with Crippen LogP contribution in [0.4, 0.5) is 4.79 Å². The quantitative estimate of drug-likeness (QED) is 0.849. The highest BCUT2D eigenvalue weighted by Crippen LogP contribution is 2.31. The molecule has 0 radical (unpaired) electrons. The zero-order valence-corrected chi connectivity index (χ0v) is 13.3. The molecule has 6 nitrogen and oxygen atoms in total. The van der Waals surface area contributed by atoms with E-state index in [1.807, 2.05) is 0 Å². The van der Waals surface area contributed by atoms with Crippen LogP contribution in [0, 0.1) is 0 Å². The van der Waals surface area contributed by atoms with E-state index >= 15 is 0 Å². The highest BCUT2D eigenvalue weighted by molar-refractivity contribution is 7.90. The minimum absolute atomic E-state index is 0.0228. The van der Waals surface area contributed by atoms with Gasteiger partial charge in [0.05, 0.1) is 5.25 Å². The molecule has 3 aliphatic rings. The number of nitrogens with zero attached hydrogens (tertiary/aromatic N) is 2. The van der Waals surface area contributed by atoms with Crippen LogP contribution in [-0.2, 0) is 10.0 Å². The largest absolute Gasteiger partial charge is 0.335 e. The number of hydrogen-bond donors (Lipinski definition) is 1. The number of nitrogens with one attached hydrogen (secondary N) is 1. The number of amides is 2. The minimum atomic E-state index is -3.09. The van der Waals surface area contributed by atoms with E-state index in [1.54, 1.807) is 9.21 Å². The molecule has 3 fully saturated rings. The monoisotopic (exact) mass is 315 g/mol. The number of carbonyl (C=O) groups is 1. The first-order valence-electron chi connectivity index (χ1n) is 8.12. The van der Waals surface area contributed by atoms with Gasteiger partial charge in [-0.15, -0.1) is 0 Å². The van der Waals surface area contributed by atoms with Crippen molar-refractivity contribution < 1.29 is 13.2 Å². The van der Waals surface area contributed by atoms with E-state index < -0.39 is 10.0 Å². The Labute approximate surface area is 126 Å². The van der Waals surface area contributed by atoms with Crippen molar-refractivity contribution in [1.82, 2.24) is 14.5 Å². The topological polar surface area (TPSA) is 69.7 Å². The number of sulfonamides is 1. The van der Waals surface area contributed by atoms with Crippen molar-refractivity contribution in [2.45, 2.75) is 56.2 Å². The molecule has 21 heavy (non-hydrogen) atoms. The van der Waals surface area contributed by atoms with Crippen LogP contribution < -0.4 is 5.32 Å². The number of carbonyl (C=O) groups excluding carboxylic acids is 1. The maximum absolute atomic E-state index is 12.2. The zero-order valence-electron chi connectivity index (χ0n) is 12.5. The average molecular weight is 315 g/mol. The fraction of sp³-hybridized carbons (Fsp3) is 0.929. The van der Waals surface area contributed by atoms with E-state index in [2.05, 4.69) is 5.32 Å². The Morgan fingerprint density at radius 2 is 1.52 bits per heavy atom. The normalized spacial score (nSPS) is 25.8. The van der Waals surface area contributed by atoms with E-state index in [-0.39, 0.29) is 11.3 Å². The highest BCUT2D eigenvalue weighted by Gasteiger charge is 2.41. The van der Waals surface area contributed by atoms with Crippen molar-refractivity contribution >= 4 is 16.1 Å². The summed E-state index contributed by atoms with van der Waals surface area (Å²) in [5.74, 6) is 0. The third-order valence-electron chi connectivity index (χ3n) is 4.76. The lowest BCUT2D eigenvalue weighted by atomic mass is 9.96. The van der Waals surface area contributed by atoms with Crippen LogP contribution >= 0.6 is 0 Å². The van der Waals surface area contributed by atoms with Crippen LogP contribution in [0.3, 0.4) is 0 Å². The van der Waals surface area contributed by atoms with Crippen LogP contribution in [0.15, 0.2) is 0 Å². The molecule has 1 saturated heterocycles. The summed E-state index contributed by atoms with van der Waals surface area (Å²) in [5, 5.41) is 2.94. The fourth-order valence-corrected chi connectivity index (χ4v) is 5.06. The molecule has 2 saturated carbocycles. The molecular weight excluding hydrogens is 290 g/mol. The molecule has 0 unspecified atom stereocenters. The first-order valence-corrected chi connectivity index (χ1v) is 9.62. The van der Waals surface area contributed by atoms with Crippen LogP contribution in [0.1, 0.15) is 44.9 Å². The summed E-state index contributed by atoms with van der Waals surface area (Å²) in [6.07, 6.45) is 7.39. The maximum atomic E-state index is 12.2. The van der Waals surface area contributed by atoms with Gasteiger partial charge in [-0.05, 0) is 25.7 Å². The predicted octanol–water partition coefficient (Wildman–Crippen LogP) is 1.14. The molecule has 3 rings (SSSR count). The summed E-state index contributed by atoms with van der Waals surface area (Å²) in [4.78, 5) is 14.0. The third-order valence-corrected chi connectivity index (χ3v) is 7.16. The van der Waals surface area contributed by atoms with Crippen LogP contribution in [0.25, 0.3) is 0 Å². The average Bonchev–Trinajstić information content (AvgIpc) is 3.33. The Hall–Kier alpha value is -0.820. The second-order valence-corrected chi connectivity index (χ2v) is 8.63. The van der Waals surface area contributed by atoms with Crippen molar-refractivity contribution in [1.29, 1.82) is 0 Å². The lowest BCUT2D eigenvalue weighted by Gasteiger charge is -2.35. The van der Waals surface area contributed by atoms with E-state index in [1.165, 1.54) is 19.3 Å². The molecule has 0 bridgehead atoms. The Morgan fingerprint density at radius 3 is 2.10 bits per heavy atom. The summed E-state index contributed by atoms with van der Waals surface area (Å²) in [6.45, 7) is 1.89. The molecule has 0 aromatic rings. The van der Waals surface area contributed by atoms with Gasteiger partial charge in [0.25, 0.3) is 0 Å². The van der Waals surface area contributed by atoms with Crippen molar-refractivity contribution in [2.24, 2.45) is 0 Å². The van der Waals surface area contributed by atoms with Crippen molar-refractivity contribution in [2.75, 3.05) is 26.2 Å². The molecule has 0 aromatic heterocycles. The number of rotatable bonds is 3. The molecule has 0 aromatic carbocycles. The molecule has 1 aliphatic heterocycles. The summed E-state index contributed by atoms with van der Waals surface area (Å²) in [7, 11) is -3.09. The first-order chi connectivity index (χ1) is 10.1. The Morgan fingerprint density at radius 1 is 0.905 bits per heavy atom. The van der Waals surface area contributed by atoms with Gasteiger partial charge in [0.15, 0.2) is 0 Å². The molecule has 7 heteroatoms. The summed E-state index contributed by atoms with van der Waals surface area (Å²) in [6, 6.07) is 0.282. The Kier molecular flexibility index (Phi) is 4.40. The SMILES string of the molecule is O=C(NC1CCCCC1)N1CCN(S(=O)(=O)C2CC2)CC1. The number of piperazine rings is 1. The molecule has 1 N–H and O–H groups in total. The standard InChI is InChI=1S/C14H25N3O3S/c18-14(15-12-4-2-1-3-5-12)16-8-10-17(11-9-16)21(19,20)13-6-7-13/h12-13H,1-11H2,(H,15,18). The van der Waals surface area contributed by atoms with E-state index in [9.17, 15) is 13.2 Å². The summed E-state index contributed by atoms with van der Waals surface area (Å²) < 4.78 is 25.9. The lowest BCUT2D eigenvalue weighted by molar-refractivity contribution is 0.166. The second kappa shape index (κ2) is 6.12. The Bertz CT molecular complexity index is 476. The van der Waals surface area contributed by atoms with Gasteiger partial charge in [0.1, 0.15) is 0 Å². The van der Waals surface area contributed by atoms with E-state index in [4.69, 9.17) is 0 Å². The fourth-order valence-electron chi connectivity index (χ4n) is 3.24. The van der Waals surface area contributed by atoms with Gasteiger partial charge in [-0.1, -0.05) is 19.3 Å². The molecule has 0 spiro atoms. The van der Waals surface area contributed by atoms with Crippen molar-refractivity contribution in [3.05, 3.63) is 0 Å². The molecule has 2 aliphatic carbocycles. The molecular formula is C14H25N3O3S. The number of urea groups is 1. The molecule has 0 atom stereocenters. The maximum Gasteiger partial charge on any atom is 0.317 e. The Balaban J connectivity index is 1.47. The van der Waals surface area contributed by atoms with Gasteiger partial charge in [0, 0.05) is 32.2 Å². The first kappa shape index (κ1) is 15.1. The van der Waals surface area contributed by atoms with Crippen molar-refractivity contribution in [3.63, 3.8) is 0 Å². The minimum Gasteiger partial charge on any atom is -0.335 e. The van der Waals surface area contributed by atoms with Crippen LogP contribution in [0.5, 0.6) is 0 Å². The molecule has 2 amide bonds. The van der Waals surface area contributed by atoms with Crippen molar-refractivity contribution in [3.8, 4) is 0 Å². The van der Waals surface area contributed by atoms with Crippen LogP contribution in [0.2, 0.25) is 0 Å². The summed E-state index contributed by atoms with van der Waals surface area (Å²) >= 11 is 0. The van der Waals surface area contributed by atoms with Crippen LogP contribution in [-0.4, -0.2) is 61.1 Å². The lowest BCUT2D eigenvalue weighted by Crippen LogP contribution is -2.55. The van der Waals surface area contributed by atoms with E-state index in [0.717, 1.165) is 25.7 Å². The summed E-state index contributed by atoms with van der Waals surface area (Å²) in [5.41, 5.74) is 0. The molecule has 120 valence electrons. The van der Waals surface area contributed by atoms with Gasteiger partial charge < -0.3 is 10.2 Å². The molecule has 1 heterocycles.